The van der Waals surface area contributed by atoms with E-state index < -0.39 is 18.1 Å². The maximum absolute atomic E-state index is 12.8. The summed E-state index contributed by atoms with van der Waals surface area (Å²) in [6.45, 7) is 4.44. The fraction of sp³-hybridized carbons (Fsp3) is 0.610. The molecule has 0 radical (unpaired) electrons. The van der Waals surface area contributed by atoms with Crippen LogP contribution in [0.2, 0.25) is 0 Å². The third-order valence-electron chi connectivity index (χ3n) is 10.9. The number of carbonyl (C=O) groups is 3. The van der Waals surface area contributed by atoms with Gasteiger partial charge in [-0.05, 0) is 96.3 Å². The standard InChI is InChI=1S/C59H95NO7/c1-6-8-10-12-14-16-18-20-22-24-26-28-29-30-32-34-36-38-40-42-44-46-48-50-58(62)67-55(53-65-52-51-56(59(63)64)60(3,4)5)54-66-57(61)49-47-45-43-41-39-37-35-33-31-27-25-23-21-19-17-15-13-11-9-7-2/h8-11,14-17,20-23,26,28,30,32,36,38,42,44,55-56H,6-7,12-13,18-19,24-25,27,29,31,33-35,37,39-41,43,45-54H2,1-5H3/p+1/b10-8+,11-9+,16-14+,17-15+,22-20+,23-21+,28-26+,32-30+,38-36+,44-42+. The molecular formula is C59H96NO7+. The van der Waals surface area contributed by atoms with E-state index in [1.807, 2.05) is 21.1 Å². The minimum atomic E-state index is -0.889. The topological polar surface area (TPSA) is 99.1 Å². The van der Waals surface area contributed by atoms with Crippen molar-refractivity contribution >= 4 is 17.9 Å². The first-order chi connectivity index (χ1) is 32.6. The van der Waals surface area contributed by atoms with Gasteiger partial charge in [-0.15, -0.1) is 0 Å². The van der Waals surface area contributed by atoms with Crippen LogP contribution in [-0.4, -0.2) is 80.6 Å². The van der Waals surface area contributed by atoms with Crippen molar-refractivity contribution < 1.29 is 38.2 Å². The lowest BCUT2D eigenvalue weighted by Crippen LogP contribution is -2.50. The summed E-state index contributed by atoms with van der Waals surface area (Å²) in [5.74, 6) is -1.56. The maximum Gasteiger partial charge on any atom is 0.362 e. The van der Waals surface area contributed by atoms with Crippen LogP contribution in [0.15, 0.2) is 122 Å². The Balaban J connectivity index is 4.38. The zero-order valence-electron chi connectivity index (χ0n) is 43.1. The van der Waals surface area contributed by atoms with Gasteiger partial charge in [0.15, 0.2) is 12.1 Å². The van der Waals surface area contributed by atoms with Gasteiger partial charge in [-0.1, -0.05) is 187 Å². The van der Waals surface area contributed by atoms with E-state index in [1.54, 1.807) is 0 Å². The van der Waals surface area contributed by atoms with Crippen LogP contribution in [0.25, 0.3) is 0 Å². The van der Waals surface area contributed by atoms with E-state index in [9.17, 15) is 19.5 Å². The highest BCUT2D eigenvalue weighted by atomic mass is 16.6. The Labute approximate surface area is 410 Å². The Hall–Kier alpha value is -4.27. The highest BCUT2D eigenvalue weighted by Gasteiger charge is 2.31. The summed E-state index contributed by atoms with van der Waals surface area (Å²) < 4.78 is 17.3. The van der Waals surface area contributed by atoms with Crippen molar-refractivity contribution in [1.82, 2.24) is 0 Å². The average molecular weight is 931 g/mol. The van der Waals surface area contributed by atoms with E-state index in [2.05, 4.69) is 135 Å². The summed E-state index contributed by atoms with van der Waals surface area (Å²) in [5, 5.41) is 9.66. The van der Waals surface area contributed by atoms with Crippen LogP contribution >= 0.6 is 0 Å². The first kappa shape index (κ1) is 62.7. The number of carbonyl (C=O) groups excluding carboxylic acids is 2. The van der Waals surface area contributed by atoms with Gasteiger partial charge >= 0.3 is 17.9 Å². The number of rotatable bonds is 45. The molecule has 378 valence electrons. The van der Waals surface area contributed by atoms with Gasteiger partial charge in [0.25, 0.3) is 0 Å². The quantitative estimate of drug-likeness (QED) is 0.0281. The molecule has 1 N–H and O–H groups in total. The highest BCUT2D eigenvalue weighted by molar-refractivity contribution is 5.72. The smallest absolute Gasteiger partial charge is 0.362 e. The van der Waals surface area contributed by atoms with Crippen LogP contribution in [0.4, 0.5) is 0 Å². The number of hydrogen-bond donors (Lipinski definition) is 1. The molecule has 2 unspecified atom stereocenters. The van der Waals surface area contributed by atoms with Crippen molar-refractivity contribution in [2.75, 3.05) is 41.0 Å². The van der Waals surface area contributed by atoms with Crippen LogP contribution < -0.4 is 0 Å². The number of ether oxygens (including phenoxy) is 3. The van der Waals surface area contributed by atoms with E-state index in [-0.39, 0.29) is 42.7 Å². The number of aliphatic carboxylic acids is 1. The number of quaternary nitrogens is 1. The second-order valence-corrected chi connectivity index (χ2v) is 18.0. The van der Waals surface area contributed by atoms with Gasteiger partial charge in [0.05, 0.1) is 34.4 Å². The predicted molar refractivity (Wildman–Crippen MR) is 284 cm³/mol. The Bertz CT molecular complexity index is 1500. The van der Waals surface area contributed by atoms with Crippen molar-refractivity contribution in [2.24, 2.45) is 0 Å². The Morgan fingerprint density at radius 2 is 0.806 bits per heavy atom. The molecule has 0 aromatic heterocycles. The highest BCUT2D eigenvalue weighted by Crippen LogP contribution is 2.14. The number of allylic oxidation sites excluding steroid dienone is 20. The third kappa shape index (κ3) is 46.6. The van der Waals surface area contributed by atoms with Gasteiger partial charge in [-0.3, -0.25) is 9.59 Å². The zero-order chi connectivity index (χ0) is 49.2. The second kappa shape index (κ2) is 48.2. The molecule has 0 aliphatic heterocycles. The molecule has 0 bridgehead atoms. The number of nitrogens with zero attached hydrogens (tertiary/aromatic N) is 1. The normalized spacial score (nSPS) is 13.9. The molecule has 0 aromatic rings. The molecule has 2 atom stereocenters. The Morgan fingerprint density at radius 3 is 1.21 bits per heavy atom. The molecule has 0 rings (SSSR count). The van der Waals surface area contributed by atoms with Crippen molar-refractivity contribution in [1.29, 1.82) is 0 Å². The van der Waals surface area contributed by atoms with Crippen molar-refractivity contribution in [2.45, 2.75) is 193 Å². The Morgan fingerprint density at radius 1 is 0.448 bits per heavy atom. The molecule has 0 spiro atoms. The lowest BCUT2D eigenvalue weighted by molar-refractivity contribution is -0.887. The second-order valence-electron chi connectivity index (χ2n) is 18.0. The molecule has 8 nitrogen and oxygen atoms in total. The largest absolute Gasteiger partial charge is 0.477 e. The van der Waals surface area contributed by atoms with E-state index in [0.717, 1.165) is 89.9 Å². The minimum absolute atomic E-state index is 0.0286. The van der Waals surface area contributed by atoms with Gasteiger partial charge in [-0.25, -0.2) is 4.79 Å². The summed E-state index contributed by atoms with van der Waals surface area (Å²) in [4.78, 5) is 37.2. The molecule has 0 aliphatic rings. The molecule has 0 saturated heterocycles. The maximum atomic E-state index is 12.8. The molecule has 0 aromatic carbocycles. The minimum Gasteiger partial charge on any atom is -0.477 e. The first-order valence-corrected chi connectivity index (χ1v) is 26.1. The number of carboxylic acid groups (broad SMARTS) is 1. The van der Waals surface area contributed by atoms with Crippen molar-refractivity contribution in [3.05, 3.63) is 122 Å². The van der Waals surface area contributed by atoms with Gasteiger partial charge in [0, 0.05) is 19.3 Å². The SMILES string of the molecule is CC/C=C/C/C=C/C/C=C/C/C=C/C/C=C/C/C=C/C/C=C/CCCC(=O)OC(COCCC(C(=O)O)[N+](C)(C)C)COC(=O)CCCCCCCCCCCC/C=C/C/C=C/C/C=C/CC. The fourth-order valence-corrected chi connectivity index (χ4v) is 6.92. The predicted octanol–water partition coefficient (Wildman–Crippen LogP) is 15.4. The van der Waals surface area contributed by atoms with E-state index >= 15 is 0 Å². The van der Waals surface area contributed by atoms with E-state index in [1.165, 1.54) is 51.4 Å². The van der Waals surface area contributed by atoms with E-state index in [0.29, 0.717) is 19.3 Å². The number of carboxylic acids is 1. The molecule has 67 heavy (non-hydrogen) atoms. The fourth-order valence-electron chi connectivity index (χ4n) is 6.92. The third-order valence-corrected chi connectivity index (χ3v) is 10.9. The van der Waals surface area contributed by atoms with Gasteiger partial charge in [-0.2, -0.15) is 0 Å². The summed E-state index contributed by atoms with van der Waals surface area (Å²) in [6.07, 6.45) is 68.3. The summed E-state index contributed by atoms with van der Waals surface area (Å²) in [6, 6.07) is -0.634. The summed E-state index contributed by atoms with van der Waals surface area (Å²) in [5.41, 5.74) is 0. The summed E-state index contributed by atoms with van der Waals surface area (Å²) >= 11 is 0. The van der Waals surface area contributed by atoms with Crippen LogP contribution in [0.1, 0.15) is 181 Å². The number of unbranched alkanes of at least 4 members (excludes halogenated alkanes) is 11. The molecule has 0 heterocycles. The molecule has 0 aliphatic carbocycles. The zero-order valence-corrected chi connectivity index (χ0v) is 43.1. The van der Waals surface area contributed by atoms with Crippen molar-refractivity contribution in [3.63, 3.8) is 0 Å². The van der Waals surface area contributed by atoms with E-state index in [4.69, 9.17) is 14.2 Å². The summed E-state index contributed by atoms with van der Waals surface area (Å²) in [7, 11) is 5.50. The average Bonchev–Trinajstić information content (AvgIpc) is 3.29. The monoisotopic (exact) mass is 931 g/mol. The molecule has 0 fully saturated rings. The van der Waals surface area contributed by atoms with Crippen LogP contribution in [0.3, 0.4) is 0 Å². The Kier molecular flexibility index (Phi) is 45.1. The number of esters is 2. The van der Waals surface area contributed by atoms with Gasteiger partial charge in [0.2, 0.25) is 0 Å². The lowest BCUT2D eigenvalue weighted by atomic mass is 10.1. The lowest BCUT2D eigenvalue weighted by Gasteiger charge is -2.31. The van der Waals surface area contributed by atoms with Gasteiger partial charge < -0.3 is 23.8 Å². The molecule has 0 saturated carbocycles. The number of hydrogen-bond acceptors (Lipinski definition) is 6. The molecule has 8 heteroatoms. The first-order valence-electron chi connectivity index (χ1n) is 26.1. The van der Waals surface area contributed by atoms with Gasteiger partial charge in [0.1, 0.15) is 6.61 Å². The van der Waals surface area contributed by atoms with Crippen LogP contribution in [-0.2, 0) is 28.6 Å². The van der Waals surface area contributed by atoms with Crippen molar-refractivity contribution in [3.8, 4) is 0 Å². The van der Waals surface area contributed by atoms with Crippen LogP contribution in [0.5, 0.6) is 0 Å². The molecule has 0 amide bonds. The van der Waals surface area contributed by atoms with Crippen LogP contribution in [0, 0.1) is 0 Å². The number of likely N-dealkylation sites (N-methyl/N-ethyl adjacent to an activating group) is 1. The molecular weight excluding hydrogens is 835 g/mol.